The van der Waals surface area contributed by atoms with E-state index < -0.39 is 23.0 Å². The van der Waals surface area contributed by atoms with E-state index >= 15 is 0 Å². The first-order valence-electron chi connectivity index (χ1n) is 9.64. The average Bonchev–Trinajstić information content (AvgIpc) is 3.20. The Morgan fingerprint density at radius 2 is 2.27 bits per heavy atom. The fourth-order valence-electron chi connectivity index (χ4n) is 6.78. The van der Waals surface area contributed by atoms with Gasteiger partial charge < -0.3 is 15.6 Å². The van der Waals surface area contributed by atoms with Crippen LogP contribution < -0.4 is 5.73 Å². The van der Waals surface area contributed by atoms with Gasteiger partial charge in [0.05, 0.1) is 12.1 Å². The fraction of sp³-hybridized carbons (Fsp3) is 0.700. The summed E-state index contributed by atoms with van der Waals surface area (Å²) in [6, 6.07) is 0.135. The lowest BCUT2D eigenvalue weighted by Gasteiger charge is -2.58. The van der Waals surface area contributed by atoms with Crippen molar-refractivity contribution in [3.8, 4) is 0 Å². The maximum atomic E-state index is 12.6. The number of epoxide rings is 1. The summed E-state index contributed by atoms with van der Waals surface area (Å²) in [6.45, 7) is 4.14. The van der Waals surface area contributed by atoms with Gasteiger partial charge in [-0.2, -0.15) is 0 Å². The van der Waals surface area contributed by atoms with E-state index in [0.29, 0.717) is 6.42 Å². The molecule has 0 amide bonds. The van der Waals surface area contributed by atoms with Gasteiger partial charge in [0, 0.05) is 18.4 Å². The molecule has 3 N–H and O–H groups in total. The molecule has 26 heavy (non-hydrogen) atoms. The van der Waals surface area contributed by atoms with Crippen molar-refractivity contribution in [3.05, 3.63) is 23.8 Å². The summed E-state index contributed by atoms with van der Waals surface area (Å²) in [5.74, 6) is 0.315. The summed E-state index contributed by atoms with van der Waals surface area (Å²) in [4.78, 5) is 26.6. The summed E-state index contributed by atoms with van der Waals surface area (Å²) in [5.41, 5.74) is 4.95. The molecule has 0 radical (unpaired) electrons. The molecular formula is C20H26N2O4. The SMILES string of the molecule is C[C@@H]1CC2[C@@H]3CCC4=CC(=O)C=CC4(C)N3[C@@H](O)CC23O[C@]13C(=O)CN. The molecule has 0 aromatic heterocycles. The standard InChI is InChI=1S/C20H26N2O4/c1-11-7-14-15-4-3-12-8-13(23)5-6-18(12,2)22(15)17(25)9-19(14)20(11,26-19)16(24)10-21/h5-6,8,11,14-15,17,25H,3-4,7,9-10,21H2,1-2H3/t11-,14?,15+,17+,18?,19?,20+/m1/s1. The molecule has 1 spiro atoms. The molecule has 6 nitrogen and oxygen atoms in total. The Kier molecular flexibility index (Phi) is 3.18. The zero-order chi connectivity index (χ0) is 18.5. The van der Waals surface area contributed by atoms with E-state index in [0.717, 1.165) is 24.8 Å². The molecule has 3 unspecified atom stereocenters. The number of aliphatic hydroxyl groups excluding tert-OH is 1. The topological polar surface area (TPSA) is 96.2 Å². The Balaban J connectivity index is 1.55. The third-order valence-corrected chi connectivity index (χ3v) is 7.84. The summed E-state index contributed by atoms with van der Waals surface area (Å²) in [7, 11) is 0. The van der Waals surface area contributed by atoms with E-state index in [1.807, 2.05) is 6.08 Å². The minimum absolute atomic E-state index is 0.0151. The second-order valence-corrected chi connectivity index (χ2v) is 8.85. The van der Waals surface area contributed by atoms with Gasteiger partial charge in [-0.3, -0.25) is 14.5 Å². The Morgan fingerprint density at radius 3 is 3.00 bits per heavy atom. The van der Waals surface area contributed by atoms with Gasteiger partial charge >= 0.3 is 0 Å². The van der Waals surface area contributed by atoms with E-state index in [2.05, 4.69) is 18.7 Å². The van der Waals surface area contributed by atoms with Crippen molar-refractivity contribution in [2.45, 2.75) is 68.5 Å². The largest absolute Gasteiger partial charge is 0.378 e. The number of aliphatic hydroxyl groups is 1. The number of carbonyl (C=O) groups is 2. The summed E-state index contributed by atoms with van der Waals surface area (Å²) in [6.07, 6.45) is 7.60. The van der Waals surface area contributed by atoms with Crippen LogP contribution in [0.1, 0.15) is 39.5 Å². The van der Waals surface area contributed by atoms with Crippen LogP contribution in [0, 0.1) is 11.8 Å². The maximum Gasteiger partial charge on any atom is 0.181 e. The Morgan fingerprint density at radius 1 is 1.50 bits per heavy atom. The summed E-state index contributed by atoms with van der Waals surface area (Å²) in [5, 5.41) is 11.1. The van der Waals surface area contributed by atoms with E-state index in [1.54, 1.807) is 12.2 Å². The Labute approximate surface area is 153 Å². The summed E-state index contributed by atoms with van der Waals surface area (Å²) >= 11 is 0. The first-order valence-corrected chi connectivity index (χ1v) is 9.64. The quantitative estimate of drug-likeness (QED) is 0.705. The van der Waals surface area contributed by atoms with Crippen molar-refractivity contribution in [3.63, 3.8) is 0 Å². The third kappa shape index (κ3) is 1.68. The number of fused-ring (bicyclic) bond motifs is 4. The molecule has 3 saturated heterocycles. The van der Waals surface area contributed by atoms with Gasteiger partial charge in [0.15, 0.2) is 17.2 Å². The van der Waals surface area contributed by atoms with Crippen molar-refractivity contribution in [1.82, 2.24) is 4.90 Å². The lowest BCUT2D eigenvalue weighted by molar-refractivity contribution is -0.150. The van der Waals surface area contributed by atoms with E-state index in [9.17, 15) is 14.7 Å². The number of hydrogen-bond acceptors (Lipinski definition) is 6. The van der Waals surface area contributed by atoms with E-state index in [-0.39, 0.29) is 36.0 Å². The molecule has 3 heterocycles. The van der Waals surface area contributed by atoms with Gasteiger partial charge in [-0.15, -0.1) is 0 Å². The zero-order valence-electron chi connectivity index (χ0n) is 15.3. The smallest absolute Gasteiger partial charge is 0.181 e. The van der Waals surface area contributed by atoms with Crippen LogP contribution >= 0.6 is 0 Å². The van der Waals surface area contributed by atoms with Gasteiger partial charge in [-0.25, -0.2) is 0 Å². The van der Waals surface area contributed by atoms with Crippen LogP contribution in [0.15, 0.2) is 23.8 Å². The number of Topliss-reactive ketones (excluding diaryl/α,β-unsaturated/α-hetero) is 1. The number of piperidine rings is 2. The summed E-state index contributed by atoms with van der Waals surface area (Å²) < 4.78 is 6.20. The molecule has 140 valence electrons. The van der Waals surface area contributed by atoms with Gasteiger partial charge in [-0.1, -0.05) is 13.0 Å². The van der Waals surface area contributed by atoms with Gasteiger partial charge in [0.25, 0.3) is 0 Å². The molecule has 7 atom stereocenters. The van der Waals surface area contributed by atoms with Crippen LogP contribution in [0.2, 0.25) is 0 Å². The highest BCUT2D eigenvalue weighted by atomic mass is 16.6. The highest BCUT2D eigenvalue weighted by molar-refractivity contribution is 6.01. The normalized spacial score (nSPS) is 51.8. The number of allylic oxidation sites excluding steroid dienone is 2. The number of carbonyl (C=O) groups excluding carboxylic acids is 2. The van der Waals surface area contributed by atoms with Crippen molar-refractivity contribution >= 4 is 11.6 Å². The third-order valence-electron chi connectivity index (χ3n) is 7.84. The molecule has 0 bridgehead atoms. The van der Waals surface area contributed by atoms with Gasteiger partial charge in [0.1, 0.15) is 11.8 Å². The van der Waals surface area contributed by atoms with Crippen molar-refractivity contribution in [2.24, 2.45) is 17.6 Å². The second-order valence-electron chi connectivity index (χ2n) is 8.85. The predicted octanol–water partition coefficient (Wildman–Crippen LogP) is 0.689. The predicted molar refractivity (Wildman–Crippen MR) is 94.0 cm³/mol. The number of nitrogens with two attached hydrogens (primary N) is 1. The highest BCUT2D eigenvalue weighted by Crippen LogP contribution is 2.71. The highest BCUT2D eigenvalue weighted by Gasteiger charge is 2.85. The lowest BCUT2D eigenvalue weighted by atomic mass is 9.67. The van der Waals surface area contributed by atoms with Crippen LogP contribution in [0.3, 0.4) is 0 Å². The second kappa shape index (κ2) is 4.93. The monoisotopic (exact) mass is 358 g/mol. The fourth-order valence-corrected chi connectivity index (χ4v) is 6.78. The molecule has 5 aliphatic rings. The van der Waals surface area contributed by atoms with Crippen molar-refractivity contribution in [2.75, 3.05) is 6.54 Å². The van der Waals surface area contributed by atoms with Crippen molar-refractivity contribution in [1.29, 1.82) is 0 Å². The number of ketones is 2. The minimum Gasteiger partial charge on any atom is -0.378 e. The van der Waals surface area contributed by atoms with Crippen LogP contribution in [-0.2, 0) is 14.3 Å². The Bertz CT molecular complexity index is 776. The molecule has 1 saturated carbocycles. The number of rotatable bonds is 2. The van der Waals surface area contributed by atoms with Crippen LogP contribution in [0.25, 0.3) is 0 Å². The molecule has 2 aliphatic carbocycles. The lowest BCUT2D eigenvalue weighted by Crippen LogP contribution is -2.67. The van der Waals surface area contributed by atoms with Crippen LogP contribution in [0.4, 0.5) is 0 Å². The van der Waals surface area contributed by atoms with Gasteiger partial charge in [-0.05, 0) is 49.8 Å². The average molecular weight is 358 g/mol. The molecule has 4 fully saturated rings. The Hall–Kier alpha value is -1.34. The van der Waals surface area contributed by atoms with Crippen LogP contribution in [0.5, 0.6) is 0 Å². The molecule has 5 rings (SSSR count). The molecule has 0 aromatic carbocycles. The number of nitrogens with zero attached hydrogens (tertiary/aromatic N) is 1. The number of hydrogen-bond donors (Lipinski definition) is 2. The minimum atomic E-state index is -0.797. The zero-order valence-corrected chi connectivity index (χ0v) is 15.3. The van der Waals surface area contributed by atoms with E-state index in [4.69, 9.17) is 10.5 Å². The number of ether oxygens (including phenoxy) is 1. The maximum absolute atomic E-state index is 12.6. The molecule has 0 aromatic rings. The van der Waals surface area contributed by atoms with Gasteiger partial charge in [0.2, 0.25) is 0 Å². The van der Waals surface area contributed by atoms with Crippen molar-refractivity contribution < 1.29 is 19.4 Å². The molecule has 6 heteroatoms. The van der Waals surface area contributed by atoms with E-state index in [1.165, 1.54) is 0 Å². The molecular weight excluding hydrogens is 332 g/mol. The van der Waals surface area contributed by atoms with Crippen LogP contribution in [-0.4, -0.2) is 57.1 Å². The first kappa shape index (κ1) is 16.8. The molecule has 3 aliphatic heterocycles. The first-order chi connectivity index (χ1) is 12.3.